The number of fused-ring (bicyclic) bond motifs is 3. The topological polar surface area (TPSA) is 62.7 Å². The van der Waals surface area contributed by atoms with Gasteiger partial charge in [-0.05, 0) is 95.2 Å². The second kappa shape index (κ2) is 15.3. The Morgan fingerprint density at radius 2 is 1.49 bits per heavy atom. The minimum absolute atomic E-state index is 0. The monoisotopic (exact) mass is 862 g/mol. The Morgan fingerprint density at radius 3 is 2.12 bits per heavy atom. The molecule has 4 nitrogen and oxygen atoms in total. The summed E-state index contributed by atoms with van der Waals surface area (Å²) in [5.41, 5.74) is 14.8. The largest absolute Gasteiger partial charge is 0.500 e. The molecular formula is C45H43IrN3OSi-2. The fourth-order valence-corrected chi connectivity index (χ4v) is 8.59. The molecule has 0 spiro atoms. The SMILES string of the molecule is Cc1cc(-c2[c-]cc(C#N)cc2)ncc1[Si](C)(C)C.Cc1cnc(-c2[c-]ccc3c2oc2c(C)c(-c4ccccc4)c(C)cc23)cc1C(C)C.[Ir]. The van der Waals surface area contributed by atoms with Crippen LogP contribution < -0.4 is 5.19 Å². The Hall–Kier alpha value is -4.66. The Bertz CT molecular complexity index is 2380. The fourth-order valence-electron chi connectivity index (χ4n) is 6.88. The molecule has 7 rings (SSSR count). The average Bonchev–Trinajstić information content (AvgIpc) is 3.47. The van der Waals surface area contributed by atoms with E-state index < -0.39 is 8.07 Å². The Labute approximate surface area is 317 Å². The van der Waals surface area contributed by atoms with Gasteiger partial charge in [-0.1, -0.05) is 92.5 Å². The van der Waals surface area contributed by atoms with Crippen LogP contribution in [0.1, 0.15) is 53.1 Å². The number of aryl methyl sites for hydroxylation is 4. The van der Waals surface area contributed by atoms with Crippen molar-refractivity contribution in [2.75, 3.05) is 0 Å². The quantitative estimate of drug-likeness (QED) is 0.128. The molecule has 0 unspecified atom stereocenters. The summed E-state index contributed by atoms with van der Waals surface area (Å²) in [5, 5.41) is 12.4. The number of hydrogen-bond donors (Lipinski definition) is 0. The molecule has 51 heavy (non-hydrogen) atoms. The molecule has 259 valence electrons. The summed E-state index contributed by atoms with van der Waals surface area (Å²) < 4.78 is 6.55. The number of pyridine rings is 2. The number of benzene rings is 4. The van der Waals surface area contributed by atoms with Gasteiger partial charge in [0, 0.05) is 44.0 Å². The third-order valence-electron chi connectivity index (χ3n) is 9.38. The first-order valence-corrected chi connectivity index (χ1v) is 20.7. The molecule has 0 fully saturated rings. The van der Waals surface area contributed by atoms with Gasteiger partial charge in [-0.2, -0.15) is 0 Å². The van der Waals surface area contributed by atoms with Crippen LogP contribution in [0, 0.1) is 51.2 Å². The van der Waals surface area contributed by atoms with Crippen molar-refractivity contribution in [3.05, 3.63) is 137 Å². The predicted octanol–water partition coefficient (Wildman–Crippen LogP) is 11.4. The van der Waals surface area contributed by atoms with E-state index >= 15 is 0 Å². The summed E-state index contributed by atoms with van der Waals surface area (Å²) in [6.07, 6.45) is 3.96. The van der Waals surface area contributed by atoms with Gasteiger partial charge in [-0.25, -0.2) is 5.26 Å². The number of hydrogen-bond acceptors (Lipinski definition) is 4. The van der Waals surface area contributed by atoms with E-state index in [4.69, 9.17) is 14.7 Å². The van der Waals surface area contributed by atoms with Crippen LogP contribution in [-0.2, 0) is 20.1 Å². The molecule has 0 amide bonds. The molecule has 0 bridgehead atoms. The first-order chi connectivity index (χ1) is 23.9. The summed E-state index contributed by atoms with van der Waals surface area (Å²) in [7, 11) is -1.33. The molecule has 1 radical (unpaired) electrons. The maximum Gasteiger partial charge on any atom is 0.124 e. The molecule has 3 heterocycles. The van der Waals surface area contributed by atoms with Crippen LogP contribution in [0.25, 0.3) is 55.6 Å². The molecular weight excluding hydrogens is 819 g/mol. The summed E-state index contributed by atoms with van der Waals surface area (Å²) in [6, 6.07) is 35.2. The van der Waals surface area contributed by atoms with Gasteiger partial charge in [-0.15, -0.1) is 48.0 Å². The van der Waals surface area contributed by atoms with Crippen LogP contribution in [0.4, 0.5) is 0 Å². The number of aromatic nitrogens is 2. The molecule has 0 saturated carbocycles. The van der Waals surface area contributed by atoms with Gasteiger partial charge in [0.2, 0.25) is 0 Å². The molecule has 0 aliphatic rings. The molecule has 6 heteroatoms. The van der Waals surface area contributed by atoms with E-state index in [-0.39, 0.29) is 20.1 Å². The standard InChI is InChI=1S/C29H26NO.C16H17N2Si.Ir/c1-17(2)24-15-26(30-16-19(24)4)23-13-9-12-22-25-14-18(3)27(21-10-7-6-8-11-21)20(5)28(25)31-29(22)23;1-12-9-15(18-11-16(12)19(2,3)4)14-7-5-13(10-17)6-8-14;/h6-12,14-17H,1-5H3;5-7,9,11H,1-4H3;/q2*-1;. The molecule has 0 atom stereocenters. The van der Waals surface area contributed by atoms with Crippen LogP contribution in [0.15, 0.2) is 95.7 Å². The molecule has 4 aromatic carbocycles. The van der Waals surface area contributed by atoms with Crippen molar-refractivity contribution in [3.63, 3.8) is 0 Å². The summed E-state index contributed by atoms with van der Waals surface area (Å²) in [6.45, 7) is 20.0. The van der Waals surface area contributed by atoms with Gasteiger partial charge in [0.1, 0.15) is 5.58 Å². The zero-order chi connectivity index (χ0) is 35.7. The van der Waals surface area contributed by atoms with Gasteiger partial charge >= 0.3 is 0 Å². The first-order valence-electron chi connectivity index (χ1n) is 17.2. The molecule has 3 aromatic heterocycles. The second-order valence-electron chi connectivity index (χ2n) is 14.5. The van der Waals surface area contributed by atoms with E-state index in [1.807, 2.05) is 24.5 Å². The molecule has 0 N–H and O–H groups in total. The smallest absolute Gasteiger partial charge is 0.124 e. The number of nitrogens with zero attached hydrogens (tertiary/aromatic N) is 3. The van der Waals surface area contributed by atoms with Gasteiger partial charge in [-0.3, -0.25) is 0 Å². The molecule has 0 aliphatic carbocycles. The van der Waals surface area contributed by atoms with Crippen molar-refractivity contribution in [2.45, 2.75) is 67.1 Å². The van der Waals surface area contributed by atoms with Crippen LogP contribution in [0.2, 0.25) is 19.6 Å². The van der Waals surface area contributed by atoms with Crippen molar-refractivity contribution in [1.82, 2.24) is 9.97 Å². The van der Waals surface area contributed by atoms with Gasteiger partial charge in [0.15, 0.2) is 0 Å². The predicted molar refractivity (Wildman–Crippen MR) is 210 cm³/mol. The van der Waals surface area contributed by atoms with Crippen LogP contribution in [-0.4, -0.2) is 18.0 Å². The zero-order valence-electron chi connectivity index (χ0n) is 30.8. The minimum Gasteiger partial charge on any atom is -0.500 e. The van der Waals surface area contributed by atoms with E-state index in [1.165, 1.54) is 44.1 Å². The van der Waals surface area contributed by atoms with Gasteiger partial charge in [0.05, 0.1) is 13.7 Å². The van der Waals surface area contributed by atoms with Crippen molar-refractivity contribution >= 4 is 35.2 Å². The average molecular weight is 862 g/mol. The van der Waals surface area contributed by atoms with Gasteiger partial charge < -0.3 is 14.4 Å². The van der Waals surface area contributed by atoms with Crippen LogP contribution >= 0.6 is 0 Å². The third-order valence-corrected chi connectivity index (χ3v) is 11.5. The van der Waals surface area contributed by atoms with E-state index in [0.29, 0.717) is 11.5 Å². The number of nitriles is 1. The second-order valence-corrected chi connectivity index (χ2v) is 19.5. The first kappa shape index (κ1) is 37.6. The van der Waals surface area contributed by atoms with E-state index in [1.54, 1.807) is 12.1 Å². The fraction of sp³-hybridized carbons (Fsp3) is 0.222. The van der Waals surface area contributed by atoms with Crippen molar-refractivity contribution in [2.24, 2.45) is 0 Å². The minimum atomic E-state index is -1.33. The van der Waals surface area contributed by atoms with Crippen LogP contribution in [0.3, 0.4) is 0 Å². The summed E-state index contributed by atoms with van der Waals surface area (Å²) in [4.78, 5) is 9.28. The Morgan fingerprint density at radius 1 is 0.765 bits per heavy atom. The Kier molecular flexibility index (Phi) is 11.3. The molecule has 0 aliphatic heterocycles. The summed E-state index contributed by atoms with van der Waals surface area (Å²) >= 11 is 0. The van der Waals surface area contributed by atoms with Gasteiger partial charge in [0.25, 0.3) is 0 Å². The Balaban J connectivity index is 0.000000218. The van der Waals surface area contributed by atoms with Crippen molar-refractivity contribution in [1.29, 1.82) is 5.26 Å². The maximum absolute atomic E-state index is 8.79. The van der Waals surface area contributed by atoms with E-state index in [2.05, 4.69) is 139 Å². The zero-order valence-corrected chi connectivity index (χ0v) is 34.2. The van der Waals surface area contributed by atoms with E-state index in [0.717, 1.165) is 44.5 Å². The maximum atomic E-state index is 8.79. The van der Waals surface area contributed by atoms with E-state index in [9.17, 15) is 0 Å². The number of rotatable bonds is 5. The van der Waals surface area contributed by atoms with Crippen LogP contribution in [0.5, 0.6) is 0 Å². The normalized spacial score (nSPS) is 11.2. The van der Waals surface area contributed by atoms with Crippen molar-refractivity contribution < 1.29 is 24.5 Å². The summed E-state index contributed by atoms with van der Waals surface area (Å²) in [5.74, 6) is 0.440. The molecule has 0 saturated heterocycles. The molecule has 7 aromatic rings. The third kappa shape index (κ3) is 7.67. The van der Waals surface area contributed by atoms with Crippen molar-refractivity contribution in [3.8, 4) is 39.7 Å². The number of furan rings is 1.